The highest BCUT2D eigenvalue weighted by Gasteiger charge is 2.17. The van der Waals surface area contributed by atoms with Gasteiger partial charge in [0.25, 0.3) is 0 Å². The number of nitrogen functional groups attached to an aromatic ring is 1. The second-order valence-electron chi connectivity index (χ2n) is 4.43. The van der Waals surface area contributed by atoms with Gasteiger partial charge in [0, 0.05) is 16.8 Å². The first-order chi connectivity index (χ1) is 7.93. The lowest BCUT2D eigenvalue weighted by atomic mass is 9.97. The maximum absolute atomic E-state index is 13.7. The highest BCUT2D eigenvalue weighted by Crippen LogP contribution is 2.35. The number of aromatic nitrogens is 1. The van der Waals surface area contributed by atoms with Gasteiger partial charge in [-0.3, -0.25) is 0 Å². The van der Waals surface area contributed by atoms with Crippen LogP contribution in [0, 0.1) is 12.7 Å². The molecule has 0 saturated heterocycles. The fraction of sp³-hybridized carbons (Fsp3) is 0.308. The first kappa shape index (κ1) is 12.1. The van der Waals surface area contributed by atoms with Crippen molar-refractivity contribution in [1.29, 1.82) is 0 Å². The van der Waals surface area contributed by atoms with Crippen LogP contribution in [0.1, 0.15) is 31.0 Å². The number of anilines is 1. The Labute approximate surface area is 105 Å². The van der Waals surface area contributed by atoms with E-state index in [0.717, 1.165) is 11.3 Å². The monoisotopic (exact) mass is 252 g/mol. The average molecular weight is 253 g/mol. The van der Waals surface area contributed by atoms with Crippen molar-refractivity contribution in [1.82, 2.24) is 4.98 Å². The Hall–Kier alpha value is -1.35. The van der Waals surface area contributed by atoms with Gasteiger partial charge in [0.2, 0.25) is 0 Å². The Morgan fingerprint density at radius 3 is 2.59 bits per heavy atom. The number of hydrogen-bond acceptors (Lipinski definition) is 2. The lowest BCUT2D eigenvalue weighted by Gasteiger charge is -2.15. The van der Waals surface area contributed by atoms with Crippen LogP contribution in [0.25, 0.3) is 10.9 Å². The highest BCUT2D eigenvalue weighted by molar-refractivity contribution is 6.36. The molecule has 2 N–H and O–H groups in total. The van der Waals surface area contributed by atoms with Crippen LogP contribution in [-0.2, 0) is 0 Å². The Morgan fingerprint density at radius 1 is 1.35 bits per heavy atom. The molecule has 0 fully saturated rings. The summed E-state index contributed by atoms with van der Waals surface area (Å²) in [5.74, 6) is -0.166. The van der Waals surface area contributed by atoms with Crippen LogP contribution in [-0.4, -0.2) is 4.98 Å². The highest BCUT2D eigenvalue weighted by atomic mass is 35.5. The van der Waals surface area contributed by atoms with Crippen molar-refractivity contribution in [2.75, 3.05) is 5.73 Å². The van der Waals surface area contributed by atoms with Gasteiger partial charge in [-0.1, -0.05) is 25.4 Å². The number of pyridine rings is 1. The van der Waals surface area contributed by atoms with Crippen LogP contribution in [0.3, 0.4) is 0 Å². The quantitative estimate of drug-likeness (QED) is 0.832. The van der Waals surface area contributed by atoms with Gasteiger partial charge in [-0.05, 0) is 30.5 Å². The van der Waals surface area contributed by atoms with Gasteiger partial charge in [-0.2, -0.15) is 0 Å². The Bertz CT molecular complexity index is 594. The van der Waals surface area contributed by atoms with E-state index in [0.29, 0.717) is 16.1 Å². The molecule has 0 saturated carbocycles. The SMILES string of the molecule is Cc1nc2c(F)ccc(Cl)c2c(N)c1C(C)C. The number of nitrogens with zero attached hydrogens (tertiary/aromatic N) is 1. The van der Waals surface area contributed by atoms with Gasteiger partial charge in [0.05, 0.1) is 5.02 Å². The van der Waals surface area contributed by atoms with Crippen molar-refractivity contribution in [3.8, 4) is 0 Å². The second-order valence-corrected chi connectivity index (χ2v) is 4.84. The molecule has 90 valence electrons. The predicted octanol–water partition coefficient (Wildman–Crippen LogP) is 4.04. The van der Waals surface area contributed by atoms with Gasteiger partial charge in [0.15, 0.2) is 0 Å². The van der Waals surface area contributed by atoms with Crippen LogP contribution in [0.2, 0.25) is 5.02 Å². The van der Waals surface area contributed by atoms with Crippen molar-refractivity contribution < 1.29 is 4.39 Å². The normalized spacial score (nSPS) is 11.4. The fourth-order valence-electron chi connectivity index (χ4n) is 2.19. The lowest BCUT2D eigenvalue weighted by Crippen LogP contribution is -2.04. The van der Waals surface area contributed by atoms with E-state index in [1.807, 2.05) is 20.8 Å². The zero-order valence-electron chi connectivity index (χ0n) is 10.0. The van der Waals surface area contributed by atoms with Crippen LogP contribution >= 0.6 is 11.6 Å². The minimum absolute atomic E-state index is 0.228. The molecular weight excluding hydrogens is 239 g/mol. The van der Waals surface area contributed by atoms with Crippen molar-refractivity contribution in [2.45, 2.75) is 26.7 Å². The number of fused-ring (bicyclic) bond motifs is 1. The molecule has 0 aliphatic heterocycles. The number of benzene rings is 1. The van der Waals surface area contributed by atoms with Crippen molar-refractivity contribution in [2.24, 2.45) is 0 Å². The number of aryl methyl sites for hydroxylation is 1. The van der Waals surface area contributed by atoms with Gasteiger partial charge in [0.1, 0.15) is 11.3 Å². The molecule has 1 heterocycles. The van der Waals surface area contributed by atoms with Crippen molar-refractivity contribution >= 4 is 28.2 Å². The summed E-state index contributed by atoms with van der Waals surface area (Å²) in [5, 5.41) is 0.953. The van der Waals surface area contributed by atoms with Crippen LogP contribution in [0.15, 0.2) is 12.1 Å². The summed E-state index contributed by atoms with van der Waals surface area (Å²) in [7, 11) is 0. The van der Waals surface area contributed by atoms with E-state index in [-0.39, 0.29) is 11.4 Å². The smallest absolute Gasteiger partial charge is 0.149 e. The minimum atomic E-state index is -0.394. The molecule has 0 aliphatic rings. The molecule has 1 aromatic carbocycles. The predicted molar refractivity (Wildman–Crippen MR) is 69.9 cm³/mol. The Morgan fingerprint density at radius 2 is 2.00 bits per heavy atom. The van der Waals surface area contributed by atoms with E-state index in [1.54, 1.807) is 0 Å². The molecule has 1 aromatic heterocycles. The number of rotatable bonds is 1. The fourth-order valence-corrected chi connectivity index (χ4v) is 2.45. The number of hydrogen-bond donors (Lipinski definition) is 1. The summed E-state index contributed by atoms with van der Waals surface area (Å²) in [6.45, 7) is 5.89. The zero-order chi connectivity index (χ0) is 12.7. The first-order valence-electron chi connectivity index (χ1n) is 5.47. The van der Waals surface area contributed by atoms with E-state index in [1.165, 1.54) is 12.1 Å². The van der Waals surface area contributed by atoms with E-state index in [4.69, 9.17) is 17.3 Å². The lowest BCUT2D eigenvalue weighted by molar-refractivity contribution is 0.636. The third-order valence-corrected chi connectivity index (χ3v) is 3.20. The molecule has 0 atom stereocenters. The van der Waals surface area contributed by atoms with Gasteiger partial charge in [-0.25, -0.2) is 9.37 Å². The molecule has 0 spiro atoms. The summed E-state index contributed by atoms with van der Waals surface area (Å²) in [6.07, 6.45) is 0. The Kier molecular flexibility index (Phi) is 2.96. The zero-order valence-corrected chi connectivity index (χ0v) is 10.8. The molecule has 17 heavy (non-hydrogen) atoms. The molecule has 0 aliphatic carbocycles. The maximum Gasteiger partial charge on any atom is 0.149 e. The Balaban J connectivity index is 2.97. The van der Waals surface area contributed by atoms with Crippen molar-refractivity contribution in [3.05, 3.63) is 34.2 Å². The van der Waals surface area contributed by atoms with E-state index in [2.05, 4.69) is 4.98 Å². The molecule has 2 rings (SSSR count). The summed E-state index contributed by atoms with van der Waals surface area (Å²) in [5.41, 5.74) is 8.57. The molecule has 4 heteroatoms. The number of nitrogens with two attached hydrogens (primary N) is 1. The summed E-state index contributed by atoms with van der Waals surface area (Å²) in [4.78, 5) is 4.28. The van der Waals surface area contributed by atoms with Gasteiger partial charge < -0.3 is 5.73 Å². The topological polar surface area (TPSA) is 38.9 Å². The third kappa shape index (κ3) is 1.84. The largest absolute Gasteiger partial charge is 0.398 e. The summed E-state index contributed by atoms with van der Waals surface area (Å²) >= 11 is 6.08. The molecule has 0 bridgehead atoms. The molecule has 0 radical (unpaired) electrons. The number of halogens is 2. The van der Waals surface area contributed by atoms with Crippen LogP contribution < -0.4 is 5.73 Å². The van der Waals surface area contributed by atoms with Gasteiger partial charge >= 0.3 is 0 Å². The third-order valence-electron chi connectivity index (χ3n) is 2.88. The van der Waals surface area contributed by atoms with Crippen LogP contribution in [0.4, 0.5) is 10.1 Å². The van der Waals surface area contributed by atoms with Crippen molar-refractivity contribution in [3.63, 3.8) is 0 Å². The summed E-state index contributed by atoms with van der Waals surface area (Å²) in [6, 6.07) is 2.82. The second kappa shape index (κ2) is 4.15. The minimum Gasteiger partial charge on any atom is -0.398 e. The molecule has 0 unspecified atom stereocenters. The standard InChI is InChI=1S/C13H14ClFN2/c1-6(2)10-7(3)17-13-9(15)5-4-8(14)11(13)12(10)16/h4-6H,1-3H3,(H2,16,17). The molecular formula is C13H14ClFN2. The maximum atomic E-state index is 13.7. The first-order valence-corrected chi connectivity index (χ1v) is 5.85. The molecule has 2 aromatic rings. The van der Waals surface area contributed by atoms with Gasteiger partial charge in [-0.15, -0.1) is 0 Å². The van der Waals surface area contributed by atoms with E-state index >= 15 is 0 Å². The van der Waals surface area contributed by atoms with E-state index in [9.17, 15) is 4.39 Å². The summed E-state index contributed by atoms with van der Waals surface area (Å²) < 4.78 is 13.7. The average Bonchev–Trinajstić information content (AvgIpc) is 2.22. The van der Waals surface area contributed by atoms with E-state index < -0.39 is 5.82 Å². The molecule has 0 amide bonds. The molecule has 2 nitrogen and oxygen atoms in total. The van der Waals surface area contributed by atoms with Crippen LogP contribution in [0.5, 0.6) is 0 Å².